The lowest BCUT2D eigenvalue weighted by molar-refractivity contribution is 0.0856. The molecule has 0 unspecified atom stereocenters. The van der Waals surface area contributed by atoms with Crippen LogP contribution in [0.5, 0.6) is 0 Å². The Labute approximate surface area is 166 Å². The zero-order valence-corrected chi connectivity index (χ0v) is 16.6. The van der Waals surface area contributed by atoms with Crippen LogP contribution in [0.1, 0.15) is 50.0 Å². The summed E-state index contributed by atoms with van der Waals surface area (Å²) in [5, 5.41) is 8.44. The van der Waals surface area contributed by atoms with Gasteiger partial charge in [-0.1, -0.05) is 0 Å². The van der Waals surface area contributed by atoms with Gasteiger partial charge in [-0.25, -0.2) is 9.97 Å². The Morgan fingerprint density at radius 1 is 1.00 bits per heavy atom. The number of piperazine rings is 1. The molecule has 4 heterocycles. The van der Waals surface area contributed by atoms with Gasteiger partial charge < -0.3 is 20.4 Å². The Morgan fingerprint density at radius 2 is 1.79 bits per heavy atom. The van der Waals surface area contributed by atoms with Crippen LogP contribution >= 0.6 is 0 Å². The number of hydrogen-bond acceptors (Lipinski definition) is 6. The Hall–Kier alpha value is -1.70. The van der Waals surface area contributed by atoms with Crippen molar-refractivity contribution in [1.29, 1.82) is 0 Å². The Bertz CT molecular complexity index is 772. The van der Waals surface area contributed by atoms with Crippen LogP contribution in [-0.2, 0) is 4.74 Å². The van der Waals surface area contributed by atoms with Crippen molar-refractivity contribution >= 4 is 16.9 Å². The number of fused-ring (bicyclic) bond motifs is 1. The van der Waals surface area contributed by atoms with Crippen LogP contribution < -0.4 is 10.6 Å². The maximum atomic E-state index is 5.56. The van der Waals surface area contributed by atoms with Gasteiger partial charge >= 0.3 is 0 Å². The minimum absolute atomic E-state index is 0.509. The van der Waals surface area contributed by atoms with Crippen molar-refractivity contribution in [3.63, 3.8) is 0 Å². The maximum absolute atomic E-state index is 5.56. The molecule has 2 saturated heterocycles. The average molecular weight is 385 g/mol. The van der Waals surface area contributed by atoms with Gasteiger partial charge in [-0.3, -0.25) is 4.90 Å². The molecule has 0 radical (unpaired) electrons. The van der Waals surface area contributed by atoms with Crippen molar-refractivity contribution in [2.45, 2.75) is 56.5 Å². The molecule has 1 saturated carbocycles. The fourth-order valence-corrected chi connectivity index (χ4v) is 5.25. The number of aromatic nitrogens is 3. The first-order valence-corrected chi connectivity index (χ1v) is 11.0. The first kappa shape index (κ1) is 18.3. The Kier molecular flexibility index (Phi) is 5.47. The van der Waals surface area contributed by atoms with E-state index in [4.69, 9.17) is 4.74 Å². The smallest absolute Gasteiger partial charge is 0.143 e. The number of ether oxygens (including phenoxy) is 1. The zero-order valence-electron chi connectivity index (χ0n) is 16.6. The largest absolute Gasteiger partial charge is 0.381 e. The molecule has 0 atom stereocenters. The number of anilines is 1. The second-order valence-corrected chi connectivity index (χ2v) is 8.51. The molecule has 1 aliphatic carbocycles. The van der Waals surface area contributed by atoms with Gasteiger partial charge in [0.25, 0.3) is 0 Å². The molecule has 5 rings (SSSR count). The predicted octanol–water partition coefficient (Wildman–Crippen LogP) is 2.48. The third-order valence-electron chi connectivity index (χ3n) is 6.87. The summed E-state index contributed by atoms with van der Waals surface area (Å²) in [6.45, 7) is 6.38. The van der Waals surface area contributed by atoms with Crippen LogP contribution in [0.3, 0.4) is 0 Å². The molecule has 0 bridgehead atoms. The van der Waals surface area contributed by atoms with E-state index in [0.717, 1.165) is 56.7 Å². The van der Waals surface area contributed by atoms with E-state index in [0.29, 0.717) is 12.0 Å². The van der Waals surface area contributed by atoms with Gasteiger partial charge in [-0.05, 0) is 50.0 Å². The van der Waals surface area contributed by atoms with E-state index in [1.165, 1.54) is 49.7 Å². The number of H-pyrrole nitrogens is 1. The van der Waals surface area contributed by atoms with Crippen molar-refractivity contribution in [3.05, 3.63) is 18.1 Å². The van der Waals surface area contributed by atoms with Crippen LogP contribution in [0, 0.1) is 0 Å². The SMILES string of the molecule is c1nc(N[C@H]2CC[C@H](N3CCNCC3)CC2)c2c(C3CCOCC3)c[nH]c2n1. The molecule has 2 aliphatic heterocycles. The Balaban J connectivity index is 1.28. The number of nitrogens with one attached hydrogen (secondary N) is 3. The monoisotopic (exact) mass is 384 g/mol. The first-order chi connectivity index (χ1) is 13.9. The molecule has 3 aliphatic rings. The van der Waals surface area contributed by atoms with Crippen LogP contribution in [-0.4, -0.2) is 71.3 Å². The number of rotatable bonds is 4. The van der Waals surface area contributed by atoms with Crippen molar-refractivity contribution in [3.8, 4) is 0 Å². The van der Waals surface area contributed by atoms with E-state index in [-0.39, 0.29) is 0 Å². The second kappa shape index (κ2) is 8.35. The van der Waals surface area contributed by atoms with E-state index in [2.05, 4.69) is 36.7 Å². The fourth-order valence-electron chi connectivity index (χ4n) is 5.25. The highest BCUT2D eigenvalue weighted by molar-refractivity contribution is 5.90. The molecule has 7 heteroatoms. The number of aromatic amines is 1. The van der Waals surface area contributed by atoms with Crippen molar-refractivity contribution in [1.82, 2.24) is 25.2 Å². The van der Waals surface area contributed by atoms with E-state index in [9.17, 15) is 0 Å². The van der Waals surface area contributed by atoms with Crippen molar-refractivity contribution in [2.24, 2.45) is 0 Å². The maximum Gasteiger partial charge on any atom is 0.143 e. The zero-order chi connectivity index (χ0) is 18.8. The minimum atomic E-state index is 0.509. The molecule has 28 heavy (non-hydrogen) atoms. The van der Waals surface area contributed by atoms with Crippen LogP contribution in [0.2, 0.25) is 0 Å². The molecular formula is C21H32N6O. The van der Waals surface area contributed by atoms with E-state index in [1.54, 1.807) is 6.33 Å². The summed E-state index contributed by atoms with van der Waals surface area (Å²) in [7, 11) is 0. The van der Waals surface area contributed by atoms with Gasteiger partial charge in [-0.2, -0.15) is 0 Å². The third kappa shape index (κ3) is 3.75. The highest BCUT2D eigenvalue weighted by Gasteiger charge is 2.28. The summed E-state index contributed by atoms with van der Waals surface area (Å²) in [6.07, 6.45) is 11.0. The van der Waals surface area contributed by atoms with E-state index >= 15 is 0 Å². The first-order valence-electron chi connectivity index (χ1n) is 11.0. The lowest BCUT2D eigenvalue weighted by atomic mass is 9.89. The summed E-state index contributed by atoms with van der Waals surface area (Å²) >= 11 is 0. The number of hydrogen-bond donors (Lipinski definition) is 3. The molecule has 2 aromatic heterocycles. The third-order valence-corrected chi connectivity index (χ3v) is 6.87. The highest BCUT2D eigenvalue weighted by Crippen LogP contribution is 2.35. The summed E-state index contributed by atoms with van der Waals surface area (Å²) < 4.78 is 5.56. The second-order valence-electron chi connectivity index (χ2n) is 8.51. The topological polar surface area (TPSA) is 78.1 Å². The molecule has 3 N–H and O–H groups in total. The molecule has 0 amide bonds. The molecular weight excluding hydrogens is 352 g/mol. The van der Waals surface area contributed by atoms with Gasteiger partial charge in [0.2, 0.25) is 0 Å². The Morgan fingerprint density at radius 3 is 2.57 bits per heavy atom. The van der Waals surface area contributed by atoms with Gasteiger partial charge in [0.1, 0.15) is 17.8 Å². The quantitative estimate of drug-likeness (QED) is 0.752. The number of nitrogens with zero attached hydrogens (tertiary/aromatic N) is 3. The molecule has 2 aromatic rings. The average Bonchev–Trinajstić information content (AvgIpc) is 3.21. The summed E-state index contributed by atoms with van der Waals surface area (Å²) in [5.74, 6) is 1.55. The minimum Gasteiger partial charge on any atom is -0.381 e. The van der Waals surface area contributed by atoms with E-state index in [1.807, 2.05) is 0 Å². The van der Waals surface area contributed by atoms with Gasteiger partial charge in [0.15, 0.2) is 0 Å². The van der Waals surface area contributed by atoms with Crippen molar-refractivity contribution < 1.29 is 4.74 Å². The summed E-state index contributed by atoms with van der Waals surface area (Å²) in [4.78, 5) is 15.2. The molecule has 0 aromatic carbocycles. The normalized spacial score (nSPS) is 27.9. The van der Waals surface area contributed by atoms with Gasteiger partial charge in [0, 0.05) is 57.7 Å². The predicted molar refractivity (Wildman–Crippen MR) is 111 cm³/mol. The lowest BCUT2D eigenvalue weighted by Gasteiger charge is -2.39. The molecule has 152 valence electrons. The summed E-state index contributed by atoms with van der Waals surface area (Å²) in [6, 6.07) is 1.27. The van der Waals surface area contributed by atoms with Gasteiger partial charge in [-0.15, -0.1) is 0 Å². The van der Waals surface area contributed by atoms with Crippen LogP contribution in [0.15, 0.2) is 12.5 Å². The standard InChI is InChI=1S/C21H32N6O/c1-3-17(27-9-7-22-8-10-27)4-2-16(1)26-21-19-18(15-5-11-28-12-6-15)13-23-20(19)24-14-25-21/h13-17,22H,1-12H2,(H2,23,24,25,26)/t16-,17-. The van der Waals surface area contributed by atoms with E-state index < -0.39 is 0 Å². The summed E-state index contributed by atoms with van der Waals surface area (Å²) in [5.41, 5.74) is 2.31. The molecule has 0 spiro atoms. The van der Waals surface area contributed by atoms with Crippen LogP contribution in [0.25, 0.3) is 11.0 Å². The lowest BCUT2D eigenvalue weighted by Crippen LogP contribution is -2.50. The fraction of sp³-hybridized carbons (Fsp3) is 0.714. The van der Waals surface area contributed by atoms with Crippen LogP contribution in [0.4, 0.5) is 5.82 Å². The molecule has 3 fully saturated rings. The van der Waals surface area contributed by atoms with Crippen molar-refractivity contribution in [2.75, 3.05) is 44.7 Å². The highest BCUT2D eigenvalue weighted by atomic mass is 16.5. The van der Waals surface area contributed by atoms with Gasteiger partial charge in [0.05, 0.1) is 5.39 Å². The molecule has 7 nitrogen and oxygen atoms in total.